The fourth-order valence-corrected chi connectivity index (χ4v) is 6.76. The largest absolute Gasteiger partial charge is 0.418 e. The highest BCUT2D eigenvalue weighted by molar-refractivity contribution is 5.85. The van der Waals surface area contributed by atoms with Gasteiger partial charge in [-0.3, -0.25) is 4.79 Å². The number of alkyl halides is 3. The maximum atomic E-state index is 14.1. The van der Waals surface area contributed by atoms with Crippen LogP contribution in [0.2, 0.25) is 0 Å². The number of amides is 1. The Hall–Kier alpha value is -2.02. The number of ether oxygens (including phenoxy) is 2. The van der Waals surface area contributed by atoms with Crippen LogP contribution in [-0.2, 0) is 20.4 Å². The Morgan fingerprint density at radius 1 is 1.27 bits per heavy atom. The van der Waals surface area contributed by atoms with Gasteiger partial charge in [-0.15, -0.1) is 5.10 Å². The lowest BCUT2D eigenvalue weighted by atomic mass is 9.70. The number of fused-ring (bicyclic) bond motifs is 2. The lowest BCUT2D eigenvalue weighted by molar-refractivity contribution is -0.159. The highest BCUT2D eigenvalue weighted by Crippen LogP contribution is 2.50. The molecule has 0 spiro atoms. The summed E-state index contributed by atoms with van der Waals surface area (Å²) in [6, 6.07) is 0.933. The van der Waals surface area contributed by atoms with E-state index in [9.17, 15) is 23.1 Å². The molecule has 4 aliphatic rings. The number of hydrogen-bond acceptors (Lipinski definition) is 8. The van der Waals surface area contributed by atoms with Gasteiger partial charge in [0.1, 0.15) is 0 Å². The number of aliphatic hydroxyl groups is 1. The minimum atomic E-state index is -4.49. The monoisotopic (exact) mass is 527 g/mol. The first-order valence-corrected chi connectivity index (χ1v) is 13.0. The Labute approximate surface area is 214 Å². The van der Waals surface area contributed by atoms with E-state index in [1.54, 1.807) is 21.0 Å². The number of nitrogens with zero attached hydrogens (tertiary/aromatic N) is 4. The van der Waals surface area contributed by atoms with E-state index in [0.29, 0.717) is 45.6 Å². The van der Waals surface area contributed by atoms with Crippen molar-refractivity contribution in [3.63, 3.8) is 0 Å². The Morgan fingerprint density at radius 3 is 2.70 bits per heavy atom. The van der Waals surface area contributed by atoms with Crippen LogP contribution < -0.4 is 10.2 Å². The second-order valence-corrected chi connectivity index (χ2v) is 11.4. The predicted octanol–water partition coefficient (Wildman–Crippen LogP) is 1.99. The second-order valence-electron chi connectivity index (χ2n) is 11.4. The third-order valence-corrected chi connectivity index (χ3v) is 8.92. The average molecular weight is 528 g/mol. The van der Waals surface area contributed by atoms with Gasteiger partial charge in [-0.25, -0.2) is 0 Å². The van der Waals surface area contributed by atoms with E-state index >= 15 is 0 Å². The maximum Gasteiger partial charge on any atom is 0.418 e. The van der Waals surface area contributed by atoms with Crippen LogP contribution in [0.15, 0.2) is 12.3 Å². The minimum Gasteiger partial charge on any atom is -0.389 e. The molecule has 4 fully saturated rings. The number of anilines is 1. The van der Waals surface area contributed by atoms with Gasteiger partial charge in [0.25, 0.3) is 0 Å². The van der Waals surface area contributed by atoms with Crippen LogP contribution >= 0.6 is 0 Å². The first-order valence-electron chi connectivity index (χ1n) is 13.0. The number of rotatable bonds is 6. The van der Waals surface area contributed by atoms with Crippen molar-refractivity contribution in [2.45, 2.75) is 88.0 Å². The number of carbonyl (C=O) groups is 1. The predicted molar refractivity (Wildman–Crippen MR) is 128 cm³/mol. The van der Waals surface area contributed by atoms with Crippen molar-refractivity contribution in [2.24, 2.45) is 5.41 Å². The number of aromatic nitrogens is 2. The molecule has 9 nitrogen and oxygen atoms in total. The lowest BCUT2D eigenvalue weighted by Gasteiger charge is -2.45. The molecule has 1 aromatic rings. The number of carbonyl (C=O) groups excluding carboxylic acids is 1. The molecule has 3 aliphatic heterocycles. The zero-order valence-corrected chi connectivity index (χ0v) is 21.5. The summed E-state index contributed by atoms with van der Waals surface area (Å²) in [5.74, 6) is 0.114. The van der Waals surface area contributed by atoms with Gasteiger partial charge in [0, 0.05) is 38.9 Å². The summed E-state index contributed by atoms with van der Waals surface area (Å²) >= 11 is 0. The van der Waals surface area contributed by atoms with E-state index in [2.05, 4.69) is 15.5 Å². The smallest absolute Gasteiger partial charge is 0.389 e. The number of nitrogens with one attached hydrogen (secondary N) is 1. The molecule has 12 heteroatoms. The zero-order valence-electron chi connectivity index (χ0n) is 21.5. The Morgan fingerprint density at radius 2 is 2.05 bits per heavy atom. The molecule has 2 bridgehead atoms. The number of hydrogen-bond donors (Lipinski definition) is 2. The van der Waals surface area contributed by atoms with E-state index in [1.165, 1.54) is 0 Å². The molecule has 206 valence electrons. The van der Waals surface area contributed by atoms with Crippen molar-refractivity contribution in [1.29, 1.82) is 0 Å². The molecule has 0 radical (unpaired) electrons. The van der Waals surface area contributed by atoms with Crippen LogP contribution in [0.1, 0.15) is 51.5 Å². The molecular formula is C25H36F3N5O4. The van der Waals surface area contributed by atoms with Crippen LogP contribution in [0.3, 0.4) is 0 Å². The molecule has 1 aliphatic carbocycles. The van der Waals surface area contributed by atoms with Gasteiger partial charge in [0.2, 0.25) is 5.91 Å². The normalized spacial score (nSPS) is 34.4. The molecular weight excluding hydrogens is 491 g/mol. The fourth-order valence-electron chi connectivity index (χ4n) is 6.76. The third-order valence-electron chi connectivity index (χ3n) is 8.92. The van der Waals surface area contributed by atoms with Gasteiger partial charge in [-0.1, -0.05) is 0 Å². The molecule has 6 unspecified atom stereocenters. The zero-order chi connectivity index (χ0) is 26.6. The van der Waals surface area contributed by atoms with Crippen LogP contribution in [0, 0.1) is 5.41 Å². The molecule has 6 atom stereocenters. The number of halogens is 3. The van der Waals surface area contributed by atoms with Crippen LogP contribution in [0.4, 0.5) is 19.0 Å². The van der Waals surface area contributed by atoms with Crippen molar-refractivity contribution in [2.75, 3.05) is 38.3 Å². The first-order chi connectivity index (χ1) is 17.4. The summed E-state index contributed by atoms with van der Waals surface area (Å²) in [7, 11) is 1.67. The highest BCUT2D eigenvalue weighted by atomic mass is 19.4. The average Bonchev–Trinajstić information content (AvgIpc) is 3.58. The van der Waals surface area contributed by atoms with Crippen LogP contribution in [-0.4, -0.2) is 95.4 Å². The molecule has 0 aromatic carbocycles. The molecule has 3 saturated heterocycles. The van der Waals surface area contributed by atoms with Crippen molar-refractivity contribution in [3.8, 4) is 0 Å². The highest BCUT2D eigenvalue weighted by Gasteiger charge is 2.59. The SMILES string of the molecule is COC1COCCC1NC1CCC(C(=O)N2CC3CC2CN3c2cc(C(F)(F)F)cnn2)(C(C)(C)O)C1. The second kappa shape index (κ2) is 9.62. The molecule has 1 amide bonds. The quantitative estimate of drug-likeness (QED) is 0.580. The van der Waals surface area contributed by atoms with Gasteiger partial charge in [-0.05, 0) is 52.0 Å². The Balaban J connectivity index is 1.29. The number of methoxy groups -OCH3 is 1. The Kier molecular flexibility index (Phi) is 6.91. The van der Waals surface area contributed by atoms with E-state index in [1.807, 2.05) is 9.80 Å². The first kappa shape index (κ1) is 26.6. The van der Waals surface area contributed by atoms with Crippen molar-refractivity contribution < 1.29 is 32.5 Å². The summed E-state index contributed by atoms with van der Waals surface area (Å²) < 4.78 is 50.6. The number of likely N-dealkylation sites (tertiary alicyclic amines) is 1. The third kappa shape index (κ3) is 4.81. The summed E-state index contributed by atoms with van der Waals surface area (Å²) in [5, 5.41) is 22.4. The maximum absolute atomic E-state index is 14.1. The fraction of sp³-hybridized carbons (Fsp3) is 0.800. The molecule has 37 heavy (non-hydrogen) atoms. The van der Waals surface area contributed by atoms with Gasteiger partial charge in [-0.2, -0.15) is 18.3 Å². The molecule has 4 heterocycles. The number of piperazine rings is 1. The molecule has 1 saturated carbocycles. The van der Waals surface area contributed by atoms with Gasteiger partial charge in [0.15, 0.2) is 5.82 Å². The lowest BCUT2D eigenvalue weighted by Crippen LogP contribution is -2.59. The summed E-state index contributed by atoms with van der Waals surface area (Å²) in [4.78, 5) is 17.8. The standard InChI is InChI=1S/C25H36F3N5O4/c1-23(2,35)24(6-4-16(10-24)30-19-5-7-37-14-20(19)36-3)22(34)33-13-17-9-18(33)12-32(17)21-8-15(11-29-31-21)25(26,27)28/h8,11,16-20,30,35H,4-7,9-10,12-14H2,1-3H3. The summed E-state index contributed by atoms with van der Waals surface area (Å²) in [6.45, 7) is 5.39. The van der Waals surface area contributed by atoms with Gasteiger partial charge >= 0.3 is 6.18 Å². The van der Waals surface area contributed by atoms with E-state index in [0.717, 1.165) is 25.1 Å². The van der Waals surface area contributed by atoms with Crippen molar-refractivity contribution >= 4 is 11.7 Å². The van der Waals surface area contributed by atoms with Crippen LogP contribution in [0.5, 0.6) is 0 Å². The van der Waals surface area contributed by atoms with Crippen molar-refractivity contribution in [3.05, 3.63) is 17.8 Å². The summed E-state index contributed by atoms with van der Waals surface area (Å²) in [5.41, 5.74) is -3.01. The van der Waals surface area contributed by atoms with E-state index in [4.69, 9.17) is 9.47 Å². The topological polar surface area (TPSA) is 100 Å². The Bertz CT molecular complexity index is 1010. The van der Waals surface area contributed by atoms with Crippen LogP contribution in [0.25, 0.3) is 0 Å². The van der Waals surface area contributed by atoms with E-state index in [-0.39, 0.29) is 42.0 Å². The van der Waals surface area contributed by atoms with E-state index < -0.39 is 22.8 Å². The molecule has 2 N–H and O–H groups in total. The van der Waals surface area contributed by atoms with Gasteiger partial charge < -0.3 is 29.7 Å². The van der Waals surface area contributed by atoms with Gasteiger partial charge in [0.05, 0.1) is 47.6 Å². The molecule has 1 aromatic heterocycles. The molecule has 5 rings (SSSR count). The van der Waals surface area contributed by atoms with Crippen molar-refractivity contribution in [1.82, 2.24) is 20.4 Å². The minimum absolute atomic E-state index is 0.0548. The summed E-state index contributed by atoms with van der Waals surface area (Å²) in [6.07, 6.45) is -0.512.